The number of nitrogens with zero attached hydrogens (tertiary/aromatic N) is 3. The smallest absolute Gasteiger partial charge is 0.0206 e. The van der Waals surface area contributed by atoms with Crippen molar-refractivity contribution >= 4 is 0 Å². The van der Waals surface area contributed by atoms with Gasteiger partial charge in [-0.25, -0.2) is 0 Å². The molecule has 6 nitrogen and oxygen atoms in total. The van der Waals surface area contributed by atoms with Crippen LogP contribution < -0.4 is 16.0 Å². The normalized spacial score (nSPS) is 37.8. The molecule has 0 saturated carbocycles. The van der Waals surface area contributed by atoms with E-state index >= 15 is 0 Å². The number of rotatable bonds is 7. The molecule has 0 aliphatic carbocycles. The van der Waals surface area contributed by atoms with Gasteiger partial charge in [0.25, 0.3) is 0 Å². The third-order valence-electron chi connectivity index (χ3n) is 13.9. The standard InChI is InChI=1S/C35H66N6/c1-28(2)39-20-13-33(27-39)11-19-37-30(24-33)29-25-41(21-14-34(29)12-18-36-26-34)32(5,6)10-9-31(3,4)40-22-15-35(16-23-40)8-7-17-38-35/h28-30,36-38H,7-27H2,1-6H3. The quantitative estimate of drug-likeness (QED) is 0.413. The molecule has 4 atom stereocenters. The highest BCUT2D eigenvalue weighted by molar-refractivity contribution is 5.08. The molecule has 3 spiro atoms. The van der Waals surface area contributed by atoms with Crippen LogP contribution in [-0.4, -0.2) is 109 Å². The Hall–Kier alpha value is -0.240. The van der Waals surface area contributed by atoms with Crippen molar-refractivity contribution < 1.29 is 0 Å². The van der Waals surface area contributed by atoms with E-state index in [1.807, 2.05) is 0 Å². The van der Waals surface area contributed by atoms with E-state index < -0.39 is 0 Å². The molecule has 0 aromatic rings. The zero-order valence-corrected chi connectivity index (χ0v) is 27.9. The summed E-state index contributed by atoms with van der Waals surface area (Å²) in [6.07, 6.45) is 15.0. The van der Waals surface area contributed by atoms with Gasteiger partial charge in [-0.05, 0) is 162 Å². The largest absolute Gasteiger partial charge is 0.316 e. The number of likely N-dealkylation sites (tertiary alicyclic amines) is 3. The van der Waals surface area contributed by atoms with Gasteiger partial charge >= 0.3 is 0 Å². The van der Waals surface area contributed by atoms with Gasteiger partial charge in [-0.3, -0.25) is 9.80 Å². The molecule has 41 heavy (non-hydrogen) atoms. The Morgan fingerprint density at radius 3 is 2.15 bits per heavy atom. The maximum absolute atomic E-state index is 4.14. The predicted molar refractivity (Wildman–Crippen MR) is 173 cm³/mol. The van der Waals surface area contributed by atoms with Gasteiger partial charge in [0.2, 0.25) is 0 Å². The first-order valence-corrected chi connectivity index (χ1v) is 17.9. The average Bonchev–Trinajstić information content (AvgIpc) is 3.70. The molecule has 6 rings (SSSR count). The molecule has 6 aliphatic rings. The Morgan fingerprint density at radius 2 is 1.51 bits per heavy atom. The van der Waals surface area contributed by atoms with Gasteiger partial charge in [0, 0.05) is 61.4 Å². The van der Waals surface area contributed by atoms with Crippen molar-refractivity contribution in [2.24, 2.45) is 16.7 Å². The Labute approximate surface area is 253 Å². The molecular formula is C35H66N6. The summed E-state index contributed by atoms with van der Waals surface area (Å²) >= 11 is 0. The molecule has 236 valence electrons. The van der Waals surface area contributed by atoms with Crippen molar-refractivity contribution in [2.75, 3.05) is 65.4 Å². The molecule has 0 aromatic carbocycles. The maximum atomic E-state index is 4.14. The molecule has 6 heterocycles. The van der Waals surface area contributed by atoms with Crippen molar-refractivity contribution in [3.8, 4) is 0 Å². The van der Waals surface area contributed by atoms with E-state index in [9.17, 15) is 0 Å². The van der Waals surface area contributed by atoms with Crippen LogP contribution in [0.15, 0.2) is 0 Å². The maximum Gasteiger partial charge on any atom is 0.0206 e. The number of hydrogen-bond acceptors (Lipinski definition) is 6. The van der Waals surface area contributed by atoms with Crippen LogP contribution in [0.1, 0.15) is 112 Å². The summed E-state index contributed by atoms with van der Waals surface area (Å²) in [6.45, 7) is 27.7. The summed E-state index contributed by atoms with van der Waals surface area (Å²) in [5.74, 6) is 0.765. The molecule has 0 bridgehead atoms. The highest BCUT2D eigenvalue weighted by Gasteiger charge is 2.53. The Morgan fingerprint density at radius 1 is 0.780 bits per heavy atom. The summed E-state index contributed by atoms with van der Waals surface area (Å²) in [7, 11) is 0. The van der Waals surface area contributed by atoms with Gasteiger partial charge in [0.05, 0.1) is 0 Å². The summed E-state index contributed by atoms with van der Waals surface area (Å²) in [5, 5.41) is 11.8. The minimum atomic E-state index is 0.251. The molecule has 6 saturated heterocycles. The Balaban J connectivity index is 1.10. The lowest BCUT2D eigenvalue weighted by atomic mass is 9.62. The monoisotopic (exact) mass is 571 g/mol. The first kappa shape index (κ1) is 30.8. The van der Waals surface area contributed by atoms with Gasteiger partial charge in [-0.15, -0.1) is 0 Å². The first-order valence-electron chi connectivity index (χ1n) is 17.9. The molecule has 0 amide bonds. The van der Waals surface area contributed by atoms with E-state index in [0.29, 0.717) is 28.5 Å². The Kier molecular flexibility index (Phi) is 8.71. The van der Waals surface area contributed by atoms with Gasteiger partial charge in [0.15, 0.2) is 0 Å². The summed E-state index contributed by atoms with van der Waals surface area (Å²) < 4.78 is 0. The van der Waals surface area contributed by atoms with E-state index in [-0.39, 0.29) is 11.1 Å². The molecule has 6 fully saturated rings. The lowest BCUT2D eigenvalue weighted by Gasteiger charge is -2.55. The third-order valence-corrected chi connectivity index (χ3v) is 13.9. The molecule has 4 unspecified atom stereocenters. The summed E-state index contributed by atoms with van der Waals surface area (Å²) in [5.41, 5.74) is 2.05. The van der Waals surface area contributed by atoms with E-state index in [4.69, 9.17) is 0 Å². The summed E-state index contributed by atoms with van der Waals surface area (Å²) in [6, 6.07) is 1.37. The molecule has 6 heteroatoms. The topological polar surface area (TPSA) is 45.8 Å². The van der Waals surface area contributed by atoms with Gasteiger partial charge in [0.1, 0.15) is 0 Å². The van der Waals surface area contributed by atoms with Crippen LogP contribution in [0.25, 0.3) is 0 Å². The van der Waals surface area contributed by atoms with E-state index in [0.717, 1.165) is 5.92 Å². The van der Waals surface area contributed by atoms with Crippen LogP contribution in [0.5, 0.6) is 0 Å². The van der Waals surface area contributed by atoms with Crippen LogP contribution >= 0.6 is 0 Å². The molecule has 3 N–H and O–H groups in total. The van der Waals surface area contributed by atoms with Crippen LogP contribution in [-0.2, 0) is 0 Å². The highest BCUT2D eigenvalue weighted by Crippen LogP contribution is 2.50. The highest BCUT2D eigenvalue weighted by atomic mass is 15.2. The second kappa shape index (κ2) is 11.6. The van der Waals surface area contributed by atoms with Crippen molar-refractivity contribution in [1.29, 1.82) is 0 Å². The van der Waals surface area contributed by atoms with Crippen molar-refractivity contribution in [3.05, 3.63) is 0 Å². The van der Waals surface area contributed by atoms with Crippen molar-refractivity contribution in [3.63, 3.8) is 0 Å². The average molecular weight is 571 g/mol. The van der Waals surface area contributed by atoms with Gasteiger partial charge in [-0.1, -0.05) is 0 Å². The van der Waals surface area contributed by atoms with Crippen LogP contribution in [0.2, 0.25) is 0 Å². The fourth-order valence-corrected chi connectivity index (χ4v) is 10.5. The predicted octanol–water partition coefficient (Wildman–Crippen LogP) is 4.70. The third kappa shape index (κ3) is 6.18. The SMILES string of the molecule is CC(C)N1CCC2(CCNC(C3CN(C(C)(C)CCC(C)(C)N4CCC5(CCCN5)CC4)CCC34CCNC4)C2)C1. The minimum Gasteiger partial charge on any atom is -0.316 e. The van der Waals surface area contributed by atoms with E-state index in [1.165, 1.54) is 136 Å². The van der Waals surface area contributed by atoms with Crippen molar-refractivity contribution in [1.82, 2.24) is 30.7 Å². The van der Waals surface area contributed by atoms with E-state index in [1.54, 1.807) is 0 Å². The van der Waals surface area contributed by atoms with Crippen LogP contribution in [0.4, 0.5) is 0 Å². The molecule has 6 aliphatic heterocycles. The lowest BCUT2D eigenvalue weighted by Crippen LogP contribution is -2.62. The molecule has 0 aromatic heterocycles. The zero-order chi connectivity index (χ0) is 28.9. The van der Waals surface area contributed by atoms with Gasteiger partial charge < -0.3 is 20.9 Å². The van der Waals surface area contributed by atoms with E-state index in [2.05, 4.69) is 72.2 Å². The number of hydrogen-bond donors (Lipinski definition) is 3. The van der Waals surface area contributed by atoms with Crippen LogP contribution in [0, 0.1) is 16.7 Å². The molecule has 0 radical (unpaired) electrons. The van der Waals surface area contributed by atoms with Crippen molar-refractivity contribution in [2.45, 2.75) is 141 Å². The Bertz CT molecular complexity index is 877. The zero-order valence-electron chi connectivity index (χ0n) is 27.9. The summed E-state index contributed by atoms with van der Waals surface area (Å²) in [4.78, 5) is 8.54. The second-order valence-corrected chi connectivity index (χ2v) is 17.3. The second-order valence-electron chi connectivity index (χ2n) is 17.3. The first-order chi connectivity index (χ1) is 19.5. The number of piperidine rings is 3. The number of nitrogens with one attached hydrogen (secondary N) is 3. The molecular weight excluding hydrogens is 504 g/mol. The minimum absolute atomic E-state index is 0.251. The fraction of sp³-hybridized carbons (Fsp3) is 1.00. The lowest BCUT2D eigenvalue weighted by molar-refractivity contribution is -0.0433. The fourth-order valence-electron chi connectivity index (χ4n) is 10.5. The van der Waals surface area contributed by atoms with Gasteiger partial charge in [-0.2, -0.15) is 0 Å². The van der Waals surface area contributed by atoms with Crippen LogP contribution in [0.3, 0.4) is 0 Å².